The Morgan fingerprint density at radius 1 is 1.23 bits per heavy atom. The van der Waals surface area contributed by atoms with Crippen molar-refractivity contribution < 1.29 is 9.59 Å². The van der Waals surface area contributed by atoms with E-state index >= 15 is 0 Å². The molecule has 1 aromatic carbocycles. The van der Waals surface area contributed by atoms with E-state index < -0.39 is 0 Å². The highest BCUT2D eigenvalue weighted by Gasteiger charge is 2.19. The lowest BCUT2D eigenvalue weighted by atomic mass is 10.2. The molecule has 2 aromatic rings. The second-order valence-corrected chi connectivity index (χ2v) is 7.16. The first-order chi connectivity index (χ1) is 12.4. The minimum absolute atomic E-state index is 0.0669. The van der Waals surface area contributed by atoms with E-state index in [4.69, 9.17) is 23.2 Å². The first kappa shape index (κ1) is 20.6. The fourth-order valence-electron chi connectivity index (χ4n) is 2.31. The molecule has 0 spiro atoms. The predicted molar refractivity (Wildman–Crippen MR) is 107 cm³/mol. The summed E-state index contributed by atoms with van der Waals surface area (Å²) in [6.07, 6.45) is 4.22. The zero-order valence-electron chi connectivity index (χ0n) is 14.5. The molecule has 1 heterocycles. The molecule has 0 bridgehead atoms. The highest BCUT2D eigenvalue weighted by Crippen LogP contribution is 2.25. The number of nitrogens with one attached hydrogen (secondary N) is 1. The largest absolute Gasteiger partial charge is 0.329 e. The van der Waals surface area contributed by atoms with Crippen LogP contribution < -0.4 is 5.32 Å². The maximum Gasteiger partial charge on any atom is 0.254 e. The Kier molecular flexibility index (Phi) is 7.75. The molecular formula is C18H19Cl2N3O2S. The lowest BCUT2D eigenvalue weighted by molar-refractivity contribution is -0.116. The summed E-state index contributed by atoms with van der Waals surface area (Å²) < 4.78 is 0. The van der Waals surface area contributed by atoms with E-state index in [9.17, 15) is 9.59 Å². The normalized spacial score (nSPS) is 10.5. The minimum atomic E-state index is -0.324. The number of anilines is 1. The van der Waals surface area contributed by atoms with Crippen LogP contribution in [0.15, 0.2) is 41.6 Å². The molecule has 8 heteroatoms. The van der Waals surface area contributed by atoms with Gasteiger partial charge in [-0.2, -0.15) is 0 Å². The molecule has 0 fully saturated rings. The van der Waals surface area contributed by atoms with Crippen LogP contribution in [0.3, 0.4) is 0 Å². The topological polar surface area (TPSA) is 62.3 Å². The van der Waals surface area contributed by atoms with Crippen molar-refractivity contribution in [3.05, 3.63) is 52.1 Å². The van der Waals surface area contributed by atoms with Crippen LogP contribution in [0.2, 0.25) is 10.0 Å². The molecule has 0 saturated carbocycles. The lowest BCUT2D eigenvalue weighted by Crippen LogP contribution is -2.38. The summed E-state index contributed by atoms with van der Waals surface area (Å²) in [5.41, 5.74) is 0.966. The summed E-state index contributed by atoms with van der Waals surface area (Å²) in [7, 11) is 0. The number of hydrogen-bond acceptors (Lipinski definition) is 4. The van der Waals surface area contributed by atoms with Gasteiger partial charge in [-0.3, -0.25) is 9.59 Å². The molecule has 26 heavy (non-hydrogen) atoms. The molecule has 138 valence electrons. The average molecular weight is 412 g/mol. The predicted octanol–water partition coefficient (Wildman–Crippen LogP) is 4.60. The Hall–Kier alpha value is -1.76. The fourth-order valence-corrected chi connectivity index (χ4v) is 3.18. The zero-order chi connectivity index (χ0) is 19.1. The highest BCUT2D eigenvalue weighted by atomic mass is 35.5. The van der Waals surface area contributed by atoms with Crippen LogP contribution in [0.25, 0.3) is 0 Å². The number of thioether (sulfide) groups is 1. The molecule has 2 rings (SSSR count). The summed E-state index contributed by atoms with van der Waals surface area (Å²) in [6.45, 7) is 2.36. The number of halogens is 2. The third kappa shape index (κ3) is 5.62. The van der Waals surface area contributed by atoms with Crippen molar-refractivity contribution in [1.82, 2.24) is 9.88 Å². The third-order valence-electron chi connectivity index (χ3n) is 3.51. The van der Waals surface area contributed by atoms with Crippen molar-refractivity contribution in [3.8, 4) is 0 Å². The lowest BCUT2D eigenvalue weighted by Gasteiger charge is -2.22. The molecule has 0 aliphatic rings. The molecule has 1 N–H and O–H groups in total. The van der Waals surface area contributed by atoms with E-state index in [1.165, 1.54) is 16.7 Å². The number of carbonyl (C=O) groups excluding carboxylic acids is 2. The third-order valence-corrected chi connectivity index (χ3v) is 4.70. The van der Waals surface area contributed by atoms with Gasteiger partial charge in [0.2, 0.25) is 5.91 Å². The Bertz CT molecular complexity index is 802. The maximum absolute atomic E-state index is 12.8. The second kappa shape index (κ2) is 9.80. The van der Waals surface area contributed by atoms with Crippen molar-refractivity contribution in [3.63, 3.8) is 0 Å². The van der Waals surface area contributed by atoms with E-state index in [-0.39, 0.29) is 18.4 Å². The van der Waals surface area contributed by atoms with Crippen LogP contribution in [0.1, 0.15) is 23.7 Å². The SMILES string of the molecule is CCCN(CC(=O)Nc1ccc(Cl)cc1Cl)C(=O)c1ccnc(SC)c1. The van der Waals surface area contributed by atoms with Crippen molar-refractivity contribution in [2.75, 3.05) is 24.7 Å². The number of benzene rings is 1. The van der Waals surface area contributed by atoms with Crippen molar-refractivity contribution >= 4 is 52.5 Å². The van der Waals surface area contributed by atoms with Gasteiger partial charge in [-0.05, 0) is 43.0 Å². The molecule has 0 aliphatic heterocycles. The van der Waals surface area contributed by atoms with Gasteiger partial charge in [-0.25, -0.2) is 4.98 Å². The second-order valence-electron chi connectivity index (χ2n) is 5.49. The quantitative estimate of drug-likeness (QED) is 0.676. The number of pyridine rings is 1. The monoisotopic (exact) mass is 411 g/mol. The van der Waals surface area contributed by atoms with Gasteiger partial charge >= 0.3 is 0 Å². The van der Waals surface area contributed by atoms with Gasteiger partial charge in [0.1, 0.15) is 6.54 Å². The molecule has 0 saturated heterocycles. The summed E-state index contributed by atoms with van der Waals surface area (Å²) in [5.74, 6) is -0.530. The van der Waals surface area contributed by atoms with Crippen LogP contribution in [-0.2, 0) is 4.79 Å². The van der Waals surface area contributed by atoms with Gasteiger partial charge < -0.3 is 10.2 Å². The molecule has 1 aromatic heterocycles. The Morgan fingerprint density at radius 3 is 2.65 bits per heavy atom. The Morgan fingerprint density at radius 2 is 2.00 bits per heavy atom. The van der Waals surface area contributed by atoms with E-state index in [0.29, 0.717) is 27.8 Å². The number of carbonyl (C=O) groups is 2. The van der Waals surface area contributed by atoms with Crippen LogP contribution in [0.4, 0.5) is 5.69 Å². The molecular weight excluding hydrogens is 393 g/mol. The van der Waals surface area contributed by atoms with E-state index in [0.717, 1.165) is 11.4 Å². The Balaban J connectivity index is 2.11. The van der Waals surface area contributed by atoms with Gasteiger partial charge in [0.05, 0.1) is 15.7 Å². The first-order valence-electron chi connectivity index (χ1n) is 7.98. The molecule has 2 amide bonds. The Labute approximate surface area is 167 Å². The standard InChI is InChI=1S/C18H19Cl2N3O2S/c1-3-8-23(18(25)12-6-7-21-17(9-12)26-2)11-16(24)22-15-5-4-13(19)10-14(15)20/h4-7,9-10H,3,8,11H2,1-2H3,(H,22,24). The maximum atomic E-state index is 12.8. The summed E-state index contributed by atoms with van der Waals surface area (Å²) in [5, 5.41) is 4.30. The number of rotatable bonds is 7. The van der Waals surface area contributed by atoms with Crippen molar-refractivity contribution in [2.24, 2.45) is 0 Å². The first-order valence-corrected chi connectivity index (χ1v) is 9.97. The molecule has 0 radical (unpaired) electrons. The molecule has 0 unspecified atom stereocenters. The molecule has 0 aliphatic carbocycles. The van der Waals surface area contributed by atoms with Gasteiger partial charge in [0.25, 0.3) is 5.91 Å². The van der Waals surface area contributed by atoms with Crippen LogP contribution in [0.5, 0.6) is 0 Å². The van der Waals surface area contributed by atoms with Crippen LogP contribution >= 0.6 is 35.0 Å². The van der Waals surface area contributed by atoms with E-state index in [2.05, 4.69) is 10.3 Å². The minimum Gasteiger partial charge on any atom is -0.329 e. The van der Waals surface area contributed by atoms with Crippen molar-refractivity contribution in [2.45, 2.75) is 18.4 Å². The summed E-state index contributed by atoms with van der Waals surface area (Å²) in [6, 6.07) is 8.19. The zero-order valence-corrected chi connectivity index (χ0v) is 16.8. The van der Waals surface area contributed by atoms with E-state index in [1.807, 2.05) is 13.2 Å². The summed E-state index contributed by atoms with van der Waals surface area (Å²) >= 11 is 13.4. The number of hydrogen-bond donors (Lipinski definition) is 1. The van der Waals surface area contributed by atoms with Gasteiger partial charge in [-0.15, -0.1) is 11.8 Å². The van der Waals surface area contributed by atoms with Gasteiger partial charge in [0.15, 0.2) is 0 Å². The number of aromatic nitrogens is 1. The van der Waals surface area contributed by atoms with Crippen LogP contribution in [0, 0.1) is 0 Å². The molecule has 5 nitrogen and oxygen atoms in total. The fraction of sp³-hybridized carbons (Fsp3) is 0.278. The summed E-state index contributed by atoms with van der Waals surface area (Å²) in [4.78, 5) is 30.8. The van der Waals surface area contributed by atoms with Gasteiger partial charge in [0, 0.05) is 23.3 Å². The smallest absolute Gasteiger partial charge is 0.254 e. The average Bonchev–Trinajstić information content (AvgIpc) is 2.63. The highest BCUT2D eigenvalue weighted by molar-refractivity contribution is 7.98. The van der Waals surface area contributed by atoms with Crippen LogP contribution in [-0.4, -0.2) is 41.0 Å². The van der Waals surface area contributed by atoms with E-state index in [1.54, 1.807) is 36.5 Å². The van der Waals surface area contributed by atoms with Gasteiger partial charge in [-0.1, -0.05) is 30.1 Å². The number of amides is 2. The van der Waals surface area contributed by atoms with Crippen molar-refractivity contribution in [1.29, 1.82) is 0 Å². The molecule has 0 atom stereocenters. The number of nitrogens with zero attached hydrogens (tertiary/aromatic N) is 2.